The van der Waals surface area contributed by atoms with Crippen molar-refractivity contribution in [2.75, 3.05) is 52.4 Å². The molecule has 3 aliphatic heterocycles. The third-order valence-corrected chi connectivity index (χ3v) is 9.68. The number of ketones is 1. The molecular formula is C32H48F3N5O4. The van der Waals surface area contributed by atoms with Crippen molar-refractivity contribution in [3.63, 3.8) is 0 Å². The molecule has 3 N–H and O–H groups in total. The van der Waals surface area contributed by atoms with E-state index in [9.17, 15) is 27.9 Å². The summed E-state index contributed by atoms with van der Waals surface area (Å²) in [6.45, 7) is 8.91. The summed E-state index contributed by atoms with van der Waals surface area (Å²) in [5.41, 5.74) is -1.73. The summed E-state index contributed by atoms with van der Waals surface area (Å²) in [4.78, 5) is 32.1. The fourth-order valence-corrected chi connectivity index (χ4v) is 7.12. The van der Waals surface area contributed by atoms with Crippen LogP contribution in [-0.4, -0.2) is 126 Å². The number of ether oxygens (including phenoxy) is 1. The summed E-state index contributed by atoms with van der Waals surface area (Å²) >= 11 is 0. The number of carbonyl (C=O) groups is 2. The molecule has 0 aromatic rings. The van der Waals surface area contributed by atoms with Crippen molar-refractivity contribution in [2.24, 2.45) is 0 Å². The summed E-state index contributed by atoms with van der Waals surface area (Å²) < 4.78 is 44.2. The molecule has 0 bridgehead atoms. The minimum atomic E-state index is -4.50. The van der Waals surface area contributed by atoms with Crippen LogP contribution in [-0.2, 0) is 14.3 Å². The quantitative estimate of drug-likeness (QED) is 0.184. The van der Waals surface area contributed by atoms with Crippen LogP contribution in [0.4, 0.5) is 13.2 Å². The Morgan fingerprint density at radius 3 is 2.45 bits per heavy atom. The molecule has 3 saturated heterocycles. The average Bonchev–Trinajstić information content (AvgIpc) is 3.58. The minimum Gasteiger partial charge on any atom is -0.384 e. The lowest BCUT2D eigenvalue weighted by atomic mass is 9.78. The van der Waals surface area contributed by atoms with Gasteiger partial charge in [-0.2, -0.15) is 13.2 Å². The van der Waals surface area contributed by atoms with Crippen LogP contribution in [0.3, 0.4) is 0 Å². The Kier molecular flexibility index (Phi) is 11.6. The van der Waals surface area contributed by atoms with Gasteiger partial charge < -0.3 is 25.5 Å². The van der Waals surface area contributed by atoms with Crippen molar-refractivity contribution >= 4 is 17.4 Å². The molecule has 3 unspecified atom stereocenters. The maximum Gasteiger partial charge on any atom is 0.412 e. The molecule has 9 nitrogen and oxygen atoms in total. The summed E-state index contributed by atoms with van der Waals surface area (Å²) in [5.74, 6) is -0.608. The molecule has 1 saturated carbocycles. The highest BCUT2D eigenvalue weighted by Crippen LogP contribution is 2.39. The Labute approximate surface area is 258 Å². The number of nitrogens with zero attached hydrogens (tertiary/aromatic N) is 3. The van der Waals surface area contributed by atoms with Gasteiger partial charge in [0.2, 0.25) is 5.91 Å². The molecular weight excluding hydrogens is 575 g/mol. The van der Waals surface area contributed by atoms with Crippen LogP contribution in [0.2, 0.25) is 0 Å². The number of carbonyl (C=O) groups excluding carboxylic acids is 2. The molecule has 4 rings (SSSR count). The highest BCUT2D eigenvalue weighted by molar-refractivity contribution is 6.00. The molecule has 0 spiro atoms. The van der Waals surface area contributed by atoms with Gasteiger partial charge >= 0.3 is 6.18 Å². The first kappa shape index (κ1) is 34.5. The number of hydrogen-bond donors (Lipinski definition) is 3. The highest BCUT2D eigenvalue weighted by atomic mass is 19.4. The van der Waals surface area contributed by atoms with E-state index < -0.39 is 23.1 Å². The molecule has 3 atom stereocenters. The second-order valence-electron chi connectivity index (χ2n) is 12.7. The van der Waals surface area contributed by atoms with Gasteiger partial charge in [-0.3, -0.25) is 19.4 Å². The van der Waals surface area contributed by atoms with Crippen LogP contribution in [0.5, 0.6) is 0 Å². The SMILES string of the molecule is C/C=C(\C=C(/C)C(F)(F)F)C(=O)CNCC(=O)N1CCC2C1CCN2[C@H]1CC[C@@](O)(C(=N)/C=C\CN2CCOC(C)C2)CC1. The number of hydrogen-bond acceptors (Lipinski definition) is 8. The van der Waals surface area contributed by atoms with E-state index in [0.717, 1.165) is 64.9 Å². The zero-order chi connectivity index (χ0) is 32.1. The van der Waals surface area contributed by atoms with Crippen molar-refractivity contribution in [3.8, 4) is 0 Å². The summed E-state index contributed by atoms with van der Waals surface area (Å²) in [6, 6.07) is 0.640. The van der Waals surface area contributed by atoms with Gasteiger partial charge in [0.15, 0.2) is 5.78 Å². The number of fused-ring (bicyclic) bond motifs is 1. The van der Waals surface area contributed by atoms with E-state index in [1.54, 1.807) is 6.08 Å². The van der Waals surface area contributed by atoms with E-state index in [2.05, 4.69) is 22.0 Å². The first-order valence-corrected chi connectivity index (χ1v) is 15.8. The van der Waals surface area contributed by atoms with E-state index in [1.165, 1.54) is 13.0 Å². The van der Waals surface area contributed by atoms with E-state index in [1.807, 2.05) is 11.0 Å². The van der Waals surface area contributed by atoms with Crippen LogP contribution < -0.4 is 5.32 Å². The summed E-state index contributed by atoms with van der Waals surface area (Å²) in [7, 11) is 0. The molecule has 4 aliphatic rings. The van der Waals surface area contributed by atoms with Gasteiger partial charge in [-0.15, -0.1) is 0 Å². The fraction of sp³-hybridized carbons (Fsp3) is 0.719. The van der Waals surface area contributed by atoms with Gasteiger partial charge in [0.25, 0.3) is 0 Å². The van der Waals surface area contributed by atoms with Gasteiger partial charge in [0.1, 0.15) is 5.60 Å². The van der Waals surface area contributed by atoms with Crippen molar-refractivity contribution in [1.29, 1.82) is 5.41 Å². The molecule has 3 heterocycles. The van der Waals surface area contributed by atoms with Crippen molar-refractivity contribution in [3.05, 3.63) is 35.5 Å². The van der Waals surface area contributed by atoms with Crippen LogP contribution in [0.1, 0.15) is 59.3 Å². The maximum absolute atomic E-state index is 13.1. The lowest BCUT2D eigenvalue weighted by Crippen LogP contribution is -2.49. The number of Topliss-reactive ketones (excluding diaryl/α,β-unsaturated/α-hetero) is 1. The number of amides is 1. The van der Waals surface area contributed by atoms with Crippen LogP contribution in [0, 0.1) is 5.41 Å². The molecule has 1 aliphatic carbocycles. The predicted octanol–water partition coefficient (Wildman–Crippen LogP) is 3.25. The summed E-state index contributed by atoms with van der Waals surface area (Å²) in [5, 5.41) is 22.7. The summed E-state index contributed by atoms with van der Waals surface area (Å²) in [6.07, 6.45) is 6.00. The van der Waals surface area contributed by atoms with Crippen molar-refractivity contribution in [2.45, 2.75) is 95.3 Å². The molecule has 0 radical (unpaired) electrons. The second kappa shape index (κ2) is 14.8. The Morgan fingerprint density at radius 2 is 1.80 bits per heavy atom. The van der Waals surface area contributed by atoms with E-state index >= 15 is 0 Å². The lowest BCUT2D eigenvalue weighted by Gasteiger charge is -2.41. The van der Waals surface area contributed by atoms with E-state index in [0.29, 0.717) is 32.0 Å². The third-order valence-electron chi connectivity index (χ3n) is 9.68. The van der Waals surface area contributed by atoms with Gasteiger partial charge in [-0.25, -0.2) is 0 Å². The molecule has 4 fully saturated rings. The van der Waals surface area contributed by atoms with Crippen LogP contribution in [0.15, 0.2) is 35.5 Å². The zero-order valence-corrected chi connectivity index (χ0v) is 26.2. The number of morpholine rings is 1. The Morgan fingerprint density at radius 1 is 1.09 bits per heavy atom. The molecule has 1 amide bonds. The van der Waals surface area contributed by atoms with Crippen molar-refractivity contribution < 1.29 is 32.6 Å². The first-order valence-electron chi connectivity index (χ1n) is 15.8. The van der Waals surface area contributed by atoms with Gasteiger partial charge in [-0.05, 0) is 71.4 Å². The topological polar surface area (TPSA) is 109 Å². The Balaban J connectivity index is 1.21. The van der Waals surface area contributed by atoms with Gasteiger partial charge in [0.05, 0.1) is 31.5 Å². The Hall–Kier alpha value is -2.38. The number of allylic oxidation sites excluding steroid dienone is 3. The zero-order valence-electron chi connectivity index (χ0n) is 26.2. The number of nitrogens with one attached hydrogen (secondary N) is 2. The normalized spacial score (nSPS) is 31.1. The first-order chi connectivity index (χ1) is 20.8. The van der Waals surface area contributed by atoms with Crippen LogP contribution in [0.25, 0.3) is 0 Å². The van der Waals surface area contributed by atoms with Crippen molar-refractivity contribution in [1.82, 2.24) is 20.0 Å². The van der Waals surface area contributed by atoms with Gasteiger partial charge in [0, 0.05) is 62.0 Å². The number of halogens is 3. The monoisotopic (exact) mass is 623 g/mol. The maximum atomic E-state index is 13.1. The third kappa shape index (κ3) is 8.45. The molecule has 44 heavy (non-hydrogen) atoms. The highest BCUT2D eigenvalue weighted by Gasteiger charge is 2.48. The van der Waals surface area contributed by atoms with Crippen LogP contribution >= 0.6 is 0 Å². The minimum absolute atomic E-state index is 0.0411. The Bertz CT molecular complexity index is 1150. The molecule has 12 heteroatoms. The largest absolute Gasteiger partial charge is 0.412 e. The number of alkyl halides is 3. The predicted molar refractivity (Wildman–Crippen MR) is 163 cm³/mol. The molecule has 0 aromatic carbocycles. The smallest absolute Gasteiger partial charge is 0.384 e. The lowest BCUT2D eigenvalue weighted by molar-refractivity contribution is -0.131. The number of rotatable bonds is 11. The van der Waals surface area contributed by atoms with E-state index in [-0.39, 0.29) is 48.5 Å². The molecule has 246 valence electrons. The average molecular weight is 624 g/mol. The number of likely N-dealkylation sites (tertiary alicyclic amines) is 2. The standard InChI is InChI=1S/C32H48F3N5O4/c1-4-24(18-22(2)32(33,34)35)28(41)19-37-20-30(42)40-15-10-26-27(40)9-14-39(26)25-7-11-31(43,12-8-25)29(36)6-5-13-38-16-17-44-23(3)21-38/h4-6,18,23,25-27,36-37,43H,7-17,19-21H2,1-3H3/b6-5-,22-18+,24-4+,36-29?/t23?,25-,26?,27?,31-. The number of aliphatic hydroxyl groups is 1. The fourth-order valence-electron chi connectivity index (χ4n) is 7.12. The van der Waals surface area contributed by atoms with Gasteiger partial charge in [-0.1, -0.05) is 12.2 Å². The molecule has 0 aromatic heterocycles. The van der Waals surface area contributed by atoms with E-state index in [4.69, 9.17) is 10.1 Å². The second-order valence-corrected chi connectivity index (χ2v) is 12.7.